The lowest BCUT2D eigenvalue weighted by atomic mass is 9.98. The van der Waals surface area contributed by atoms with E-state index in [1.807, 2.05) is 12.1 Å². The number of anilines is 6. The van der Waals surface area contributed by atoms with Crippen molar-refractivity contribution in [2.75, 3.05) is 9.80 Å². The lowest BCUT2D eigenvalue weighted by Gasteiger charge is -2.31. The quantitative estimate of drug-likeness (QED) is 0.129. The third-order valence-corrected chi connectivity index (χ3v) is 14.0. The molecule has 0 atom stereocenters. The standard InChI is InChI=1S/C70H48N2O/c1-4-15-49(16-5-1)53-29-37-60(38-30-53)71(61-39-31-54(32-40-61)50-17-6-2-7-18-50)64-46-59(58-28-27-52-21-10-11-22-57(52)45-58)47-65(48-64)72(62-41-33-55(34-42-62)51-19-8-3-9-20-51)63-43-35-56(36-44-63)66-24-14-25-68-67-23-12-13-26-69(67)73-70(66)68/h1-48H. The van der Waals surface area contributed by atoms with Gasteiger partial charge in [0.1, 0.15) is 11.2 Å². The van der Waals surface area contributed by atoms with Crippen LogP contribution in [-0.2, 0) is 0 Å². The van der Waals surface area contributed by atoms with Crippen LogP contribution >= 0.6 is 0 Å². The van der Waals surface area contributed by atoms with Gasteiger partial charge in [-0.2, -0.15) is 0 Å². The predicted octanol–water partition coefficient (Wildman–Crippen LogP) is 20.0. The van der Waals surface area contributed by atoms with E-state index in [1.165, 1.54) is 38.6 Å². The van der Waals surface area contributed by atoms with E-state index in [0.29, 0.717) is 0 Å². The highest BCUT2D eigenvalue weighted by molar-refractivity contribution is 6.09. The Hall–Kier alpha value is -9.70. The minimum Gasteiger partial charge on any atom is -0.455 e. The molecule has 3 heteroatoms. The molecule has 3 nitrogen and oxygen atoms in total. The Morgan fingerprint density at radius 3 is 1.12 bits per heavy atom. The van der Waals surface area contributed by atoms with Gasteiger partial charge in [0.05, 0.1) is 0 Å². The first-order valence-electron chi connectivity index (χ1n) is 24.9. The number of furan rings is 1. The maximum atomic E-state index is 6.54. The molecule has 13 rings (SSSR count). The molecule has 0 saturated heterocycles. The summed E-state index contributed by atoms with van der Waals surface area (Å²) in [5, 5.41) is 4.64. The van der Waals surface area contributed by atoms with E-state index in [0.717, 1.165) is 83.9 Å². The van der Waals surface area contributed by atoms with Crippen LogP contribution in [0.15, 0.2) is 296 Å². The molecular formula is C70H48N2O. The van der Waals surface area contributed by atoms with E-state index in [-0.39, 0.29) is 0 Å². The Morgan fingerprint density at radius 2 is 0.616 bits per heavy atom. The average molecular weight is 933 g/mol. The van der Waals surface area contributed by atoms with Crippen molar-refractivity contribution in [1.82, 2.24) is 0 Å². The summed E-state index contributed by atoms with van der Waals surface area (Å²) < 4.78 is 6.54. The normalized spacial score (nSPS) is 11.3. The maximum Gasteiger partial charge on any atom is 0.143 e. The minimum atomic E-state index is 0.891. The molecule has 0 N–H and O–H groups in total. The summed E-state index contributed by atoms with van der Waals surface area (Å²) in [6, 6.07) is 105. The Kier molecular flexibility index (Phi) is 11.2. The van der Waals surface area contributed by atoms with Gasteiger partial charge in [-0.25, -0.2) is 0 Å². The third kappa shape index (κ3) is 8.49. The van der Waals surface area contributed by atoms with E-state index in [2.05, 4.69) is 289 Å². The number of benzene rings is 12. The molecule has 0 spiro atoms. The Bertz CT molecular complexity index is 3950. The van der Waals surface area contributed by atoms with Gasteiger partial charge in [0.25, 0.3) is 0 Å². The molecule has 0 radical (unpaired) electrons. The predicted molar refractivity (Wildman–Crippen MR) is 308 cm³/mol. The summed E-state index contributed by atoms with van der Waals surface area (Å²) in [5.74, 6) is 0. The molecule has 0 bridgehead atoms. The van der Waals surface area contributed by atoms with Gasteiger partial charge >= 0.3 is 0 Å². The van der Waals surface area contributed by atoms with E-state index < -0.39 is 0 Å². The second-order valence-corrected chi connectivity index (χ2v) is 18.5. The molecule has 0 aliphatic rings. The second-order valence-electron chi connectivity index (χ2n) is 18.5. The van der Waals surface area contributed by atoms with E-state index in [9.17, 15) is 0 Å². The molecule has 0 amide bonds. The van der Waals surface area contributed by atoms with Gasteiger partial charge in [-0.15, -0.1) is 0 Å². The van der Waals surface area contributed by atoms with Gasteiger partial charge in [-0.1, -0.05) is 212 Å². The number of hydrogen-bond donors (Lipinski definition) is 0. The lowest BCUT2D eigenvalue weighted by molar-refractivity contribution is 0.670. The van der Waals surface area contributed by atoms with Crippen LogP contribution in [0.4, 0.5) is 34.1 Å². The summed E-state index contributed by atoms with van der Waals surface area (Å²) in [5.41, 5.74) is 19.4. The van der Waals surface area contributed by atoms with Crippen LogP contribution in [0.2, 0.25) is 0 Å². The van der Waals surface area contributed by atoms with Crippen molar-refractivity contribution in [3.8, 4) is 55.6 Å². The highest BCUT2D eigenvalue weighted by Crippen LogP contribution is 2.45. The van der Waals surface area contributed by atoms with Crippen LogP contribution in [0.5, 0.6) is 0 Å². The molecule has 0 unspecified atom stereocenters. The van der Waals surface area contributed by atoms with Crippen molar-refractivity contribution >= 4 is 66.8 Å². The number of rotatable bonds is 11. The third-order valence-electron chi connectivity index (χ3n) is 14.0. The van der Waals surface area contributed by atoms with Gasteiger partial charge in [0.2, 0.25) is 0 Å². The molecule has 0 aliphatic heterocycles. The zero-order chi connectivity index (χ0) is 48.5. The first-order valence-corrected chi connectivity index (χ1v) is 24.9. The van der Waals surface area contributed by atoms with Crippen LogP contribution in [0, 0.1) is 0 Å². The molecule has 12 aromatic carbocycles. The lowest BCUT2D eigenvalue weighted by Crippen LogP contribution is -2.13. The highest BCUT2D eigenvalue weighted by atomic mass is 16.3. The maximum absolute atomic E-state index is 6.54. The number of nitrogens with zero attached hydrogens (tertiary/aromatic N) is 2. The van der Waals surface area contributed by atoms with Crippen LogP contribution in [0.25, 0.3) is 88.3 Å². The first kappa shape index (κ1) is 43.3. The van der Waals surface area contributed by atoms with Crippen molar-refractivity contribution in [2.24, 2.45) is 0 Å². The second kappa shape index (κ2) is 18.9. The van der Waals surface area contributed by atoms with Crippen LogP contribution < -0.4 is 9.80 Å². The van der Waals surface area contributed by atoms with Gasteiger partial charge in [0.15, 0.2) is 0 Å². The largest absolute Gasteiger partial charge is 0.455 e. The van der Waals surface area contributed by atoms with Crippen LogP contribution in [0.1, 0.15) is 0 Å². The summed E-state index contributed by atoms with van der Waals surface area (Å²) in [7, 11) is 0. The van der Waals surface area contributed by atoms with Crippen molar-refractivity contribution in [3.63, 3.8) is 0 Å². The van der Waals surface area contributed by atoms with Gasteiger partial charge < -0.3 is 14.2 Å². The summed E-state index contributed by atoms with van der Waals surface area (Å²) in [6.07, 6.45) is 0. The molecule has 0 saturated carbocycles. The zero-order valence-corrected chi connectivity index (χ0v) is 40.0. The molecule has 73 heavy (non-hydrogen) atoms. The Balaban J connectivity index is 1.01. The molecular weight excluding hydrogens is 885 g/mol. The molecule has 13 aromatic rings. The van der Waals surface area contributed by atoms with Gasteiger partial charge in [-0.3, -0.25) is 0 Å². The first-order chi connectivity index (χ1) is 36.2. The fourth-order valence-corrected chi connectivity index (χ4v) is 10.3. The minimum absolute atomic E-state index is 0.891. The Morgan fingerprint density at radius 1 is 0.219 bits per heavy atom. The monoisotopic (exact) mass is 932 g/mol. The van der Waals surface area contributed by atoms with E-state index >= 15 is 0 Å². The number of hydrogen-bond acceptors (Lipinski definition) is 3. The highest BCUT2D eigenvalue weighted by Gasteiger charge is 2.21. The van der Waals surface area contributed by atoms with Crippen molar-refractivity contribution in [1.29, 1.82) is 0 Å². The molecule has 1 heterocycles. The summed E-state index contributed by atoms with van der Waals surface area (Å²) >= 11 is 0. The summed E-state index contributed by atoms with van der Waals surface area (Å²) in [4.78, 5) is 4.79. The van der Waals surface area contributed by atoms with Crippen LogP contribution in [-0.4, -0.2) is 0 Å². The van der Waals surface area contributed by atoms with Gasteiger partial charge in [0, 0.05) is 50.5 Å². The molecule has 1 aromatic heterocycles. The van der Waals surface area contributed by atoms with Gasteiger partial charge in [-0.05, 0) is 140 Å². The Labute approximate surface area is 425 Å². The van der Waals surface area contributed by atoms with Crippen LogP contribution in [0.3, 0.4) is 0 Å². The van der Waals surface area contributed by atoms with E-state index in [1.54, 1.807) is 0 Å². The van der Waals surface area contributed by atoms with Crippen molar-refractivity contribution in [3.05, 3.63) is 291 Å². The van der Waals surface area contributed by atoms with Crippen molar-refractivity contribution in [2.45, 2.75) is 0 Å². The van der Waals surface area contributed by atoms with Crippen molar-refractivity contribution < 1.29 is 4.42 Å². The molecule has 0 fully saturated rings. The topological polar surface area (TPSA) is 19.6 Å². The zero-order valence-electron chi connectivity index (χ0n) is 40.0. The molecule has 0 aliphatic carbocycles. The smallest absolute Gasteiger partial charge is 0.143 e. The summed E-state index contributed by atoms with van der Waals surface area (Å²) in [6.45, 7) is 0. The number of fused-ring (bicyclic) bond motifs is 4. The fraction of sp³-hybridized carbons (Fsp3) is 0. The SMILES string of the molecule is c1ccc(-c2ccc(N(c3ccc(-c4ccccc4)cc3)c3cc(-c4ccc5ccccc5c4)cc(N(c4ccc(-c5ccccc5)cc4)c4ccc(-c5cccc6c5oc5ccccc56)cc4)c3)cc2)cc1. The number of para-hydroxylation sites is 2. The average Bonchev–Trinajstić information content (AvgIpc) is 3.86. The molecule has 344 valence electrons. The van der Waals surface area contributed by atoms with E-state index in [4.69, 9.17) is 4.42 Å². The fourth-order valence-electron chi connectivity index (χ4n) is 10.3.